The van der Waals surface area contributed by atoms with Crippen LogP contribution in [0.25, 0.3) is 0 Å². The molecule has 1 fully saturated rings. The lowest BCUT2D eigenvalue weighted by Gasteiger charge is -2.40. The van der Waals surface area contributed by atoms with Gasteiger partial charge in [0.1, 0.15) is 0 Å². The van der Waals surface area contributed by atoms with E-state index in [-0.39, 0.29) is 18.4 Å². The maximum atomic E-state index is 13.1. The summed E-state index contributed by atoms with van der Waals surface area (Å²) in [6.07, 6.45) is 4.88. The second-order valence-electron chi connectivity index (χ2n) is 9.77. The first-order valence-electron chi connectivity index (χ1n) is 13.1. The van der Waals surface area contributed by atoms with Crippen molar-refractivity contribution in [3.63, 3.8) is 0 Å². The number of piperidine rings is 1. The number of para-hydroxylation sites is 2. The summed E-state index contributed by atoms with van der Waals surface area (Å²) in [5.41, 5.74) is 6.14. The number of halogens is 1. The van der Waals surface area contributed by atoms with Gasteiger partial charge in [0.05, 0.1) is 12.0 Å². The molecule has 190 valence electrons. The first kappa shape index (κ1) is 26.2. The first-order valence-corrected chi connectivity index (χ1v) is 13.1. The van der Waals surface area contributed by atoms with Crippen molar-refractivity contribution in [2.24, 2.45) is 0 Å². The standard InChI is InChI=1S/C31H36N2O2.ClH/c1-2-35-30(34)31(27-13-4-3-5-14-27)19-23-32(24-20-31)21-10-22-33-28-15-8-6-11-25(28)17-18-26-12-7-9-16-29(26)33;/h3-9,11-16H,2,10,17-24H2,1H3;1H. The lowest BCUT2D eigenvalue weighted by atomic mass is 9.72. The molecule has 5 heteroatoms. The van der Waals surface area contributed by atoms with Crippen LogP contribution in [0.4, 0.5) is 11.4 Å². The lowest BCUT2D eigenvalue weighted by Crippen LogP contribution is -2.48. The van der Waals surface area contributed by atoms with Crippen LogP contribution in [0.3, 0.4) is 0 Å². The summed E-state index contributed by atoms with van der Waals surface area (Å²) in [6, 6.07) is 27.9. The zero-order chi connectivity index (χ0) is 24.1. The minimum absolute atomic E-state index is 0. The van der Waals surface area contributed by atoms with Gasteiger partial charge < -0.3 is 14.5 Å². The smallest absolute Gasteiger partial charge is 0.316 e. The summed E-state index contributed by atoms with van der Waals surface area (Å²) in [4.78, 5) is 18.1. The van der Waals surface area contributed by atoms with Crippen LogP contribution in [0, 0.1) is 0 Å². The van der Waals surface area contributed by atoms with Crippen LogP contribution in [0.2, 0.25) is 0 Å². The number of rotatable bonds is 7. The number of ether oxygens (including phenoxy) is 1. The monoisotopic (exact) mass is 504 g/mol. The van der Waals surface area contributed by atoms with Gasteiger partial charge >= 0.3 is 5.97 Å². The Bertz CT molecular complexity index is 1090. The Labute approximate surface area is 221 Å². The number of nitrogens with zero attached hydrogens (tertiary/aromatic N) is 2. The highest BCUT2D eigenvalue weighted by Crippen LogP contribution is 2.38. The number of anilines is 2. The van der Waals surface area contributed by atoms with Crippen LogP contribution in [0.1, 0.15) is 42.9 Å². The van der Waals surface area contributed by atoms with E-state index in [1.807, 2.05) is 25.1 Å². The van der Waals surface area contributed by atoms with E-state index in [1.54, 1.807) is 0 Å². The fourth-order valence-electron chi connectivity index (χ4n) is 5.86. The molecular formula is C31H37ClN2O2. The van der Waals surface area contributed by atoms with E-state index in [4.69, 9.17) is 4.74 Å². The number of esters is 1. The minimum Gasteiger partial charge on any atom is -0.465 e. The number of benzene rings is 3. The molecule has 2 aliphatic heterocycles. The van der Waals surface area contributed by atoms with Crippen molar-refractivity contribution in [1.82, 2.24) is 4.90 Å². The van der Waals surface area contributed by atoms with E-state index >= 15 is 0 Å². The molecule has 0 spiro atoms. The van der Waals surface area contributed by atoms with E-state index in [9.17, 15) is 4.79 Å². The Morgan fingerprint density at radius 1 is 0.806 bits per heavy atom. The van der Waals surface area contributed by atoms with Crippen molar-refractivity contribution >= 4 is 29.8 Å². The van der Waals surface area contributed by atoms with Crippen molar-refractivity contribution in [3.05, 3.63) is 95.6 Å². The SMILES string of the molecule is CCOC(=O)C1(c2ccccc2)CCN(CCCN2c3ccccc3CCc3ccccc32)CC1.Cl. The predicted molar refractivity (Wildman–Crippen MR) is 150 cm³/mol. The van der Waals surface area contributed by atoms with Crippen LogP contribution in [0.15, 0.2) is 78.9 Å². The molecule has 0 unspecified atom stereocenters. The number of fused-ring (bicyclic) bond motifs is 2. The van der Waals surface area contributed by atoms with Gasteiger partial charge in [-0.15, -0.1) is 12.4 Å². The van der Waals surface area contributed by atoms with Crippen molar-refractivity contribution in [1.29, 1.82) is 0 Å². The molecule has 4 nitrogen and oxygen atoms in total. The molecule has 0 atom stereocenters. The largest absolute Gasteiger partial charge is 0.465 e. The second-order valence-corrected chi connectivity index (χ2v) is 9.77. The lowest BCUT2D eigenvalue weighted by molar-refractivity contribution is -0.152. The van der Waals surface area contributed by atoms with E-state index in [0.29, 0.717) is 6.61 Å². The average Bonchev–Trinajstić information content (AvgIpc) is 3.07. The van der Waals surface area contributed by atoms with Gasteiger partial charge in [-0.1, -0.05) is 66.7 Å². The quantitative estimate of drug-likeness (QED) is 0.352. The maximum absolute atomic E-state index is 13.1. The summed E-state index contributed by atoms with van der Waals surface area (Å²) in [7, 11) is 0. The zero-order valence-electron chi connectivity index (χ0n) is 21.2. The Morgan fingerprint density at radius 3 is 1.94 bits per heavy atom. The predicted octanol–water partition coefficient (Wildman–Crippen LogP) is 6.33. The Kier molecular flexibility index (Phi) is 8.71. The molecule has 2 aliphatic rings. The molecule has 0 aliphatic carbocycles. The first-order chi connectivity index (χ1) is 17.2. The molecule has 0 amide bonds. The van der Waals surface area contributed by atoms with Crippen molar-refractivity contribution in [2.45, 2.75) is 44.4 Å². The molecule has 1 saturated heterocycles. The van der Waals surface area contributed by atoms with E-state index in [2.05, 4.69) is 70.5 Å². The van der Waals surface area contributed by atoms with Gasteiger partial charge in [-0.2, -0.15) is 0 Å². The third-order valence-electron chi connectivity index (χ3n) is 7.79. The van der Waals surface area contributed by atoms with Crippen LogP contribution in [-0.4, -0.2) is 43.7 Å². The number of hydrogen-bond donors (Lipinski definition) is 0. The Balaban J connectivity index is 0.00000304. The summed E-state index contributed by atoms with van der Waals surface area (Å²) < 4.78 is 5.55. The molecule has 0 saturated carbocycles. The van der Waals surface area contributed by atoms with Gasteiger partial charge in [-0.25, -0.2) is 0 Å². The number of carbonyl (C=O) groups is 1. The third-order valence-corrected chi connectivity index (χ3v) is 7.79. The summed E-state index contributed by atoms with van der Waals surface area (Å²) >= 11 is 0. The minimum atomic E-state index is -0.517. The van der Waals surface area contributed by atoms with E-state index in [0.717, 1.165) is 63.8 Å². The van der Waals surface area contributed by atoms with Crippen LogP contribution in [-0.2, 0) is 27.8 Å². The highest BCUT2D eigenvalue weighted by molar-refractivity contribution is 5.85. The summed E-state index contributed by atoms with van der Waals surface area (Å²) in [5, 5.41) is 0. The third kappa shape index (κ3) is 5.30. The van der Waals surface area contributed by atoms with Gasteiger partial charge in [-0.3, -0.25) is 4.79 Å². The molecule has 0 bridgehead atoms. The number of carbonyl (C=O) groups excluding carboxylic acids is 1. The molecule has 0 N–H and O–H groups in total. The maximum Gasteiger partial charge on any atom is 0.316 e. The second kappa shape index (κ2) is 11.9. The van der Waals surface area contributed by atoms with E-state index in [1.165, 1.54) is 22.5 Å². The fourth-order valence-corrected chi connectivity index (χ4v) is 5.86. The molecular weight excluding hydrogens is 468 g/mol. The van der Waals surface area contributed by atoms with Gasteiger partial charge in [0.15, 0.2) is 0 Å². The van der Waals surface area contributed by atoms with Crippen LogP contribution < -0.4 is 4.90 Å². The molecule has 2 heterocycles. The van der Waals surface area contributed by atoms with Gasteiger partial charge in [0, 0.05) is 17.9 Å². The van der Waals surface area contributed by atoms with Crippen molar-refractivity contribution in [3.8, 4) is 0 Å². The normalized spacial score (nSPS) is 16.8. The van der Waals surface area contributed by atoms with Gasteiger partial charge in [0.2, 0.25) is 0 Å². The van der Waals surface area contributed by atoms with Gasteiger partial charge in [-0.05, 0) is 87.5 Å². The highest BCUT2D eigenvalue weighted by atomic mass is 35.5. The van der Waals surface area contributed by atoms with Crippen molar-refractivity contribution < 1.29 is 9.53 Å². The topological polar surface area (TPSA) is 32.8 Å². The average molecular weight is 505 g/mol. The Hall–Kier alpha value is -2.82. The van der Waals surface area contributed by atoms with E-state index < -0.39 is 5.41 Å². The zero-order valence-corrected chi connectivity index (χ0v) is 22.0. The van der Waals surface area contributed by atoms with Crippen LogP contribution >= 0.6 is 12.4 Å². The molecule has 0 radical (unpaired) electrons. The molecule has 3 aromatic carbocycles. The van der Waals surface area contributed by atoms with Crippen LogP contribution in [0.5, 0.6) is 0 Å². The Morgan fingerprint density at radius 2 is 1.36 bits per heavy atom. The molecule has 3 aromatic rings. The number of hydrogen-bond acceptors (Lipinski definition) is 4. The van der Waals surface area contributed by atoms with Crippen molar-refractivity contribution in [2.75, 3.05) is 37.7 Å². The molecule has 36 heavy (non-hydrogen) atoms. The highest BCUT2D eigenvalue weighted by Gasteiger charge is 2.44. The summed E-state index contributed by atoms with van der Waals surface area (Å²) in [5.74, 6) is -0.0661. The molecule has 5 rings (SSSR count). The number of aryl methyl sites for hydroxylation is 2. The van der Waals surface area contributed by atoms with Gasteiger partial charge in [0.25, 0.3) is 0 Å². The summed E-state index contributed by atoms with van der Waals surface area (Å²) in [6.45, 7) is 6.18. The fraction of sp³-hybridized carbons (Fsp3) is 0.387. The number of likely N-dealkylation sites (tertiary alicyclic amines) is 1. The molecule has 0 aromatic heterocycles.